The summed E-state index contributed by atoms with van der Waals surface area (Å²) in [5.74, 6) is 1.01. The van der Waals surface area contributed by atoms with Crippen molar-refractivity contribution in [3.8, 4) is 0 Å². The third-order valence-corrected chi connectivity index (χ3v) is 6.18. The van der Waals surface area contributed by atoms with Crippen molar-refractivity contribution in [3.63, 3.8) is 0 Å². The summed E-state index contributed by atoms with van der Waals surface area (Å²) in [7, 11) is 0. The molecule has 7 nitrogen and oxygen atoms in total. The minimum absolute atomic E-state index is 0.0865. The maximum atomic E-state index is 12.4. The summed E-state index contributed by atoms with van der Waals surface area (Å²) in [5.41, 5.74) is 2.07. The number of nitrogens with zero attached hydrogens (tertiary/aromatic N) is 3. The fourth-order valence-corrected chi connectivity index (χ4v) is 4.32. The van der Waals surface area contributed by atoms with Gasteiger partial charge in [-0.2, -0.15) is 5.10 Å². The summed E-state index contributed by atoms with van der Waals surface area (Å²) < 4.78 is 1.57. The van der Waals surface area contributed by atoms with Crippen LogP contribution in [-0.2, 0) is 29.2 Å². The molecule has 1 fully saturated rings. The van der Waals surface area contributed by atoms with E-state index >= 15 is 0 Å². The molecule has 2 amide bonds. The second-order valence-electron chi connectivity index (χ2n) is 8.04. The Morgan fingerprint density at radius 2 is 2.23 bits per heavy atom. The molecule has 0 aromatic carbocycles. The number of thioether (sulfide) groups is 1. The Labute approximate surface area is 159 Å². The third-order valence-electron chi connectivity index (χ3n) is 4.77. The lowest BCUT2D eigenvalue weighted by Crippen LogP contribution is -2.57. The van der Waals surface area contributed by atoms with Crippen LogP contribution in [0.25, 0.3) is 0 Å². The summed E-state index contributed by atoms with van der Waals surface area (Å²) in [6.07, 6.45) is 0. The first-order valence-electron chi connectivity index (χ1n) is 9.25. The van der Waals surface area contributed by atoms with Gasteiger partial charge in [-0.3, -0.25) is 19.2 Å². The van der Waals surface area contributed by atoms with Gasteiger partial charge in [-0.05, 0) is 25.8 Å². The molecular weight excluding hydrogens is 350 g/mol. The number of rotatable bonds is 5. The molecule has 0 saturated carbocycles. The molecule has 1 unspecified atom stereocenters. The van der Waals surface area contributed by atoms with Gasteiger partial charge in [-0.25, -0.2) is 0 Å². The van der Waals surface area contributed by atoms with Gasteiger partial charge >= 0.3 is 0 Å². The van der Waals surface area contributed by atoms with E-state index in [1.807, 2.05) is 18.5 Å². The van der Waals surface area contributed by atoms with E-state index < -0.39 is 10.8 Å². The highest BCUT2D eigenvalue weighted by molar-refractivity contribution is 8.01. The first kappa shape index (κ1) is 19.2. The van der Waals surface area contributed by atoms with Gasteiger partial charge in [0.05, 0.1) is 29.2 Å². The Hall–Kier alpha value is -1.54. The molecule has 1 atom stereocenters. The van der Waals surface area contributed by atoms with E-state index in [9.17, 15) is 9.59 Å². The van der Waals surface area contributed by atoms with Gasteiger partial charge in [0, 0.05) is 25.4 Å². The van der Waals surface area contributed by atoms with Gasteiger partial charge in [0.2, 0.25) is 11.8 Å². The van der Waals surface area contributed by atoms with Crippen LogP contribution in [0.1, 0.15) is 39.1 Å². The zero-order chi connectivity index (χ0) is 18.9. The molecule has 0 radical (unpaired) electrons. The van der Waals surface area contributed by atoms with Gasteiger partial charge in [0.15, 0.2) is 0 Å². The molecule has 1 saturated heterocycles. The number of carbonyl (C=O) groups excluding carboxylic acids is 2. The first-order valence-corrected chi connectivity index (χ1v) is 10.2. The second-order valence-corrected chi connectivity index (χ2v) is 9.69. The molecule has 2 aliphatic rings. The van der Waals surface area contributed by atoms with E-state index in [0.29, 0.717) is 18.2 Å². The molecular formula is C18H29N5O2S. The molecule has 8 heteroatoms. The Balaban J connectivity index is 1.52. The highest BCUT2D eigenvalue weighted by atomic mass is 32.2. The fourth-order valence-electron chi connectivity index (χ4n) is 3.31. The molecule has 26 heavy (non-hydrogen) atoms. The Morgan fingerprint density at radius 3 is 2.92 bits per heavy atom. The maximum absolute atomic E-state index is 12.4. The van der Waals surface area contributed by atoms with Crippen LogP contribution in [0.3, 0.4) is 0 Å². The second kappa shape index (κ2) is 7.60. The molecule has 1 aromatic rings. The highest BCUT2D eigenvalue weighted by Gasteiger charge is 2.37. The van der Waals surface area contributed by atoms with Crippen molar-refractivity contribution in [2.45, 2.75) is 58.1 Å². The van der Waals surface area contributed by atoms with Crippen LogP contribution in [0.2, 0.25) is 0 Å². The number of carbonyl (C=O) groups is 2. The molecule has 2 aliphatic heterocycles. The fraction of sp³-hybridized carbons (Fsp3) is 0.722. The highest BCUT2D eigenvalue weighted by Crippen LogP contribution is 2.29. The van der Waals surface area contributed by atoms with E-state index in [1.54, 1.807) is 0 Å². The zero-order valence-corrected chi connectivity index (χ0v) is 16.9. The topological polar surface area (TPSA) is 79.3 Å². The van der Waals surface area contributed by atoms with Gasteiger partial charge in [0.25, 0.3) is 0 Å². The van der Waals surface area contributed by atoms with Crippen LogP contribution < -0.4 is 10.6 Å². The van der Waals surface area contributed by atoms with Crippen molar-refractivity contribution in [3.05, 3.63) is 17.5 Å². The van der Waals surface area contributed by atoms with Crippen LogP contribution in [0.4, 0.5) is 0 Å². The van der Waals surface area contributed by atoms with Crippen molar-refractivity contribution in [1.29, 1.82) is 0 Å². The molecule has 2 N–H and O–H groups in total. The lowest BCUT2D eigenvalue weighted by molar-refractivity contribution is -0.129. The average Bonchev–Trinajstić information content (AvgIpc) is 2.96. The van der Waals surface area contributed by atoms with Crippen molar-refractivity contribution < 1.29 is 9.59 Å². The lowest BCUT2D eigenvalue weighted by Gasteiger charge is -2.32. The third kappa shape index (κ3) is 4.40. The van der Waals surface area contributed by atoms with Crippen LogP contribution in [0.5, 0.6) is 0 Å². The number of hydrogen-bond acceptors (Lipinski definition) is 5. The van der Waals surface area contributed by atoms with Crippen LogP contribution >= 0.6 is 11.8 Å². The van der Waals surface area contributed by atoms with Gasteiger partial charge in [-0.15, -0.1) is 11.8 Å². The van der Waals surface area contributed by atoms with Crippen LogP contribution in [0, 0.1) is 5.92 Å². The molecule has 1 aromatic heterocycles. The van der Waals surface area contributed by atoms with Gasteiger partial charge in [-0.1, -0.05) is 13.8 Å². The molecule has 0 spiro atoms. The Kier molecular flexibility index (Phi) is 5.62. The molecule has 3 rings (SSSR count). The summed E-state index contributed by atoms with van der Waals surface area (Å²) in [6.45, 7) is 12.5. The predicted octanol–water partition coefficient (Wildman–Crippen LogP) is 0.981. The van der Waals surface area contributed by atoms with Crippen LogP contribution in [0.15, 0.2) is 6.07 Å². The van der Waals surface area contributed by atoms with E-state index in [2.05, 4.69) is 40.5 Å². The van der Waals surface area contributed by atoms with Crippen molar-refractivity contribution in [2.75, 3.05) is 18.8 Å². The van der Waals surface area contributed by atoms with Gasteiger partial charge in [0.1, 0.15) is 6.04 Å². The minimum Gasteiger partial charge on any atom is -0.349 e. The number of hydrogen-bond donors (Lipinski definition) is 2. The van der Waals surface area contributed by atoms with Crippen molar-refractivity contribution in [1.82, 2.24) is 25.3 Å². The summed E-state index contributed by atoms with van der Waals surface area (Å²) in [4.78, 5) is 26.8. The van der Waals surface area contributed by atoms with Gasteiger partial charge < -0.3 is 10.6 Å². The monoisotopic (exact) mass is 379 g/mol. The molecule has 3 heterocycles. The molecule has 144 valence electrons. The van der Waals surface area contributed by atoms with Crippen molar-refractivity contribution >= 4 is 23.6 Å². The number of fused-ring (bicyclic) bond motifs is 1. The zero-order valence-electron chi connectivity index (χ0n) is 16.0. The SMILES string of the molecule is CC(C)CN1CCn2nc(CNC(=O)C3CSC(C)(C)C(=O)N3)cc2C1. The van der Waals surface area contributed by atoms with E-state index in [4.69, 9.17) is 0 Å². The number of nitrogens with one attached hydrogen (secondary N) is 2. The Morgan fingerprint density at radius 1 is 1.46 bits per heavy atom. The maximum Gasteiger partial charge on any atom is 0.243 e. The smallest absolute Gasteiger partial charge is 0.243 e. The summed E-state index contributed by atoms with van der Waals surface area (Å²) in [5, 5.41) is 10.3. The van der Waals surface area contributed by atoms with Crippen molar-refractivity contribution in [2.24, 2.45) is 5.92 Å². The normalized spacial score (nSPS) is 22.8. The lowest BCUT2D eigenvalue weighted by atomic mass is 10.1. The minimum atomic E-state index is -0.473. The summed E-state index contributed by atoms with van der Waals surface area (Å²) >= 11 is 1.52. The van der Waals surface area contributed by atoms with E-state index in [-0.39, 0.29) is 11.8 Å². The standard InChI is InChI=1S/C18H29N5O2S/c1-12(2)9-22-5-6-23-14(10-22)7-13(21-23)8-19-16(24)15-11-26-18(3,4)17(25)20-15/h7,12,15H,5-6,8-11H2,1-4H3,(H,19,24)(H,20,25). The first-order chi connectivity index (χ1) is 12.2. The van der Waals surface area contributed by atoms with E-state index in [1.165, 1.54) is 17.5 Å². The predicted molar refractivity (Wildman–Crippen MR) is 103 cm³/mol. The number of amides is 2. The van der Waals surface area contributed by atoms with Crippen LogP contribution in [-0.4, -0.2) is 56.1 Å². The molecule has 0 aliphatic carbocycles. The summed E-state index contributed by atoms with van der Waals surface area (Å²) in [6, 6.07) is 1.60. The quantitative estimate of drug-likeness (QED) is 0.797. The largest absolute Gasteiger partial charge is 0.349 e. The molecule has 0 bridgehead atoms. The number of aromatic nitrogens is 2. The van der Waals surface area contributed by atoms with E-state index in [0.717, 1.165) is 31.9 Å². The Bertz CT molecular complexity index is 685. The average molecular weight is 380 g/mol.